The second-order valence-corrected chi connectivity index (χ2v) is 6.67. The molecule has 2 aromatic rings. The first-order valence-electron chi connectivity index (χ1n) is 6.90. The van der Waals surface area contributed by atoms with E-state index in [1.165, 1.54) is 6.07 Å². The van der Waals surface area contributed by atoms with Crippen molar-refractivity contribution in [3.8, 4) is 0 Å². The van der Waals surface area contributed by atoms with Crippen molar-refractivity contribution in [1.29, 1.82) is 0 Å². The molecule has 0 saturated carbocycles. The predicted molar refractivity (Wildman–Crippen MR) is 84.7 cm³/mol. The zero-order valence-corrected chi connectivity index (χ0v) is 13.4. The van der Waals surface area contributed by atoms with E-state index in [0.717, 1.165) is 29.8 Å². The maximum Gasteiger partial charge on any atom is 0.338 e. The number of aromatic carboxylic acids is 1. The second kappa shape index (κ2) is 6.37. The molecule has 0 aliphatic carbocycles. The molecule has 0 spiro atoms. The lowest BCUT2D eigenvalue weighted by atomic mass is 9.99. The van der Waals surface area contributed by atoms with Crippen LogP contribution < -0.4 is 4.72 Å². The van der Waals surface area contributed by atoms with Gasteiger partial charge in [-0.25, -0.2) is 17.6 Å². The lowest BCUT2D eigenvalue weighted by molar-refractivity contribution is 0.0697. The third-order valence-electron chi connectivity index (χ3n) is 3.54. The topological polar surface area (TPSA) is 83.5 Å². The zero-order chi connectivity index (χ0) is 17.2. The molecule has 0 atom stereocenters. The summed E-state index contributed by atoms with van der Waals surface area (Å²) in [5.74, 6) is -1.77. The van der Waals surface area contributed by atoms with Crippen molar-refractivity contribution in [3.63, 3.8) is 0 Å². The van der Waals surface area contributed by atoms with Crippen LogP contribution in [0.1, 0.15) is 28.4 Å². The molecule has 2 N–H and O–H groups in total. The van der Waals surface area contributed by atoms with E-state index in [1.807, 2.05) is 6.92 Å². The number of carboxylic acids is 1. The average molecular weight is 337 g/mol. The highest BCUT2D eigenvalue weighted by molar-refractivity contribution is 7.92. The first-order chi connectivity index (χ1) is 10.8. The van der Waals surface area contributed by atoms with Crippen molar-refractivity contribution in [1.82, 2.24) is 0 Å². The molecule has 23 heavy (non-hydrogen) atoms. The van der Waals surface area contributed by atoms with Crippen LogP contribution in [-0.2, 0) is 16.4 Å². The molecule has 7 heteroatoms. The van der Waals surface area contributed by atoms with Crippen LogP contribution in [-0.4, -0.2) is 19.5 Å². The molecule has 0 bridgehead atoms. The van der Waals surface area contributed by atoms with Gasteiger partial charge in [0.15, 0.2) is 0 Å². The lowest BCUT2D eigenvalue weighted by Crippen LogP contribution is -2.17. The van der Waals surface area contributed by atoms with Crippen LogP contribution in [0.4, 0.5) is 10.1 Å². The van der Waals surface area contributed by atoms with Crippen LogP contribution in [0, 0.1) is 12.7 Å². The molecule has 0 fully saturated rings. The van der Waals surface area contributed by atoms with Gasteiger partial charge in [0, 0.05) is 0 Å². The number of benzene rings is 2. The first kappa shape index (κ1) is 17.0. The third-order valence-corrected chi connectivity index (χ3v) is 4.92. The molecule has 0 radical (unpaired) electrons. The highest BCUT2D eigenvalue weighted by atomic mass is 32.2. The summed E-state index contributed by atoms with van der Waals surface area (Å²) in [6, 6.07) is 7.40. The number of hydrogen-bond donors (Lipinski definition) is 2. The van der Waals surface area contributed by atoms with Gasteiger partial charge in [-0.2, -0.15) is 0 Å². The lowest BCUT2D eigenvalue weighted by Gasteiger charge is -2.14. The van der Waals surface area contributed by atoms with Crippen molar-refractivity contribution in [2.45, 2.75) is 25.2 Å². The van der Waals surface area contributed by atoms with Gasteiger partial charge in [-0.15, -0.1) is 0 Å². The van der Waals surface area contributed by atoms with Crippen molar-refractivity contribution < 1.29 is 22.7 Å². The molecule has 0 aliphatic rings. The third kappa shape index (κ3) is 3.50. The zero-order valence-electron chi connectivity index (χ0n) is 12.6. The van der Waals surface area contributed by atoms with Gasteiger partial charge in [0.05, 0.1) is 16.1 Å². The molecule has 0 amide bonds. The van der Waals surface area contributed by atoms with Gasteiger partial charge in [0.1, 0.15) is 5.82 Å². The van der Waals surface area contributed by atoms with Crippen LogP contribution in [0.3, 0.4) is 0 Å². The summed E-state index contributed by atoms with van der Waals surface area (Å²) in [5.41, 5.74) is 1.23. The van der Waals surface area contributed by atoms with Crippen LogP contribution in [0.5, 0.6) is 0 Å². The van der Waals surface area contributed by atoms with E-state index in [-0.39, 0.29) is 16.1 Å². The first-order valence-corrected chi connectivity index (χ1v) is 8.38. The Morgan fingerprint density at radius 2 is 1.78 bits per heavy atom. The molecule has 122 valence electrons. The Morgan fingerprint density at radius 1 is 1.17 bits per heavy atom. The van der Waals surface area contributed by atoms with Gasteiger partial charge >= 0.3 is 5.97 Å². The number of halogens is 1. The van der Waals surface area contributed by atoms with Gasteiger partial charge in [-0.3, -0.25) is 4.72 Å². The van der Waals surface area contributed by atoms with Gasteiger partial charge in [0.25, 0.3) is 10.0 Å². The minimum Gasteiger partial charge on any atom is -0.478 e. The summed E-state index contributed by atoms with van der Waals surface area (Å²) in [6.07, 6.45) is 0.636. The number of nitrogens with one attached hydrogen (secondary N) is 1. The minimum atomic E-state index is -4.00. The van der Waals surface area contributed by atoms with Crippen LogP contribution in [0.15, 0.2) is 41.3 Å². The Morgan fingerprint density at radius 3 is 2.30 bits per heavy atom. The summed E-state index contributed by atoms with van der Waals surface area (Å²) in [7, 11) is -4.00. The van der Waals surface area contributed by atoms with E-state index >= 15 is 0 Å². The Labute approximate surface area is 133 Å². The summed E-state index contributed by atoms with van der Waals surface area (Å²) < 4.78 is 39.8. The maximum absolute atomic E-state index is 12.9. The number of anilines is 1. The van der Waals surface area contributed by atoms with E-state index in [2.05, 4.69) is 4.72 Å². The van der Waals surface area contributed by atoms with E-state index < -0.39 is 21.8 Å². The normalized spacial score (nSPS) is 11.3. The highest BCUT2D eigenvalue weighted by Crippen LogP contribution is 2.26. The molecular formula is C16H16FNO4S. The largest absolute Gasteiger partial charge is 0.478 e. The molecule has 5 nitrogen and oxygen atoms in total. The molecule has 0 aliphatic heterocycles. The summed E-state index contributed by atoms with van der Waals surface area (Å²) in [6.45, 7) is 3.52. The Balaban J connectivity index is 2.49. The van der Waals surface area contributed by atoms with Crippen molar-refractivity contribution in [2.24, 2.45) is 0 Å². The fourth-order valence-corrected chi connectivity index (χ4v) is 3.39. The monoisotopic (exact) mass is 337 g/mol. The second-order valence-electron chi connectivity index (χ2n) is 4.99. The summed E-state index contributed by atoms with van der Waals surface area (Å²) in [4.78, 5) is 11.3. The number of rotatable bonds is 5. The van der Waals surface area contributed by atoms with Crippen LogP contribution in [0.25, 0.3) is 0 Å². The van der Waals surface area contributed by atoms with E-state index in [4.69, 9.17) is 0 Å². The number of aryl methyl sites for hydroxylation is 1. The number of hydrogen-bond acceptors (Lipinski definition) is 3. The Kier molecular flexibility index (Phi) is 4.70. The summed E-state index contributed by atoms with van der Waals surface area (Å²) >= 11 is 0. The van der Waals surface area contributed by atoms with Crippen molar-refractivity contribution in [2.75, 3.05) is 4.72 Å². The van der Waals surface area contributed by atoms with E-state index in [1.54, 1.807) is 13.0 Å². The molecule has 0 aromatic heterocycles. The molecule has 2 rings (SSSR count). The molecule has 0 saturated heterocycles. The summed E-state index contributed by atoms with van der Waals surface area (Å²) in [5, 5.41) is 9.39. The SMILES string of the molecule is CCc1ccc(NS(=O)(=O)c2ccc(F)cc2)c(C(=O)O)c1C. The number of carboxylic acid groups (broad SMARTS) is 1. The van der Waals surface area contributed by atoms with Gasteiger partial charge in [0.2, 0.25) is 0 Å². The standard InChI is InChI=1S/C16H16FNO4S/c1-3-11-4-9-14(15(10(11)2)16(19)20)18-23(21,22)13-7-5-12(17)6-8-13/h4-9,18H,3H2,1-2H3,(H,19,20). The van der Waals surface area contributed by atoms with Crippen molar-refractivity contribution in [3.05, 3.63) is 58.9 Å². The fraction of sp³-hybridized carbons (Fsp3) is 0.188. The molecule has 0 heterocycles. The minimum absolute atomic E-state index is 0.0171. The molecular weight excluding hydrogens is 321 g/mol. The Hall–Kier alpha value is -2.41. The van der Waals surface area contributed by atoms with E-state index in [9.17, 15) is 22.7 Å². The predicted octanol–water partition coefficient (Wildman–Crippen LogP) is 3.20. The number of carbonyl (C=O) groups is 1. The van der Waals surface area contributed by atoms with Gasteiger partial charge in [-0.05, 0) is 54.8 Å². The average Bonchev–Trinajstić information content (AvgIpc) is 2.47. The van der Waals surface area contributed by atoms with Crippen molar-refractivity contribution >= 4 is 21.7 Å². The van der Waals surface area contributed by atoms with Gasteiger partial charge in [-0.1, -0.05) is 13.0 Å². The smallest absolute Gasteiger partial charge is 0.338 e. The Bertz CT molecular complexity index is 845. The quantitative estimate of drug-likeness (QED) is 0.877. The molecule has 0 unspecified atom stereocenters. The highest BCUT2D eigenvalue weighted by Gasteiger charge is 2.21. The maximum atomic E-state index is 12.9. The fourth-order valence-electron chi connectivity index (χ4n) is 2.32. The van der Waals surface area contributed by atoms with Crippen LogP contribution >= 0.6 is 0 Å². The van der Waals surface area contributed by atoms with Crippen LogP contribution in [0.2, 0.25) is 0 Å². The van der Waals surface area contributed by atoms with Gasteiger partial charge < -0.3 is 5.11 Å². The molecule has 2 aromatic carbocycles. The number of sulfonamides is 1. The van der Waals surface area contributed by atoms with E-state index in [0.29, 0.717) is 12.0 Å².